The first-order valence-electron chi connectivity index (χ1n) is 7.54. The van der Waals surface area contributed by atoms with Crippen LogP contribution in [-0.4, -0.2) is 0 Å². The highest BCUT2D eigenvalue weighted by Gasteiger charge is 2.03. The minimum atomic E-state index is 0.389. The van der Waals surface area contributed by atoms with Crippen LogP contribution in [0, 0.1) is 0 Å². The second kappa shape index (κ2) is 8.09. The Morgan fingerprint density at radius 1 is 0.667 bits per heavy atom. The third-order valence-electron chi connectivity index (χ3n) is 3.48. The summed E-state index contributed by atoms with van der Waals surface area (Å²) in [5.74, 6) is 1.56. The van der Waals surface area contributed by atoms with Crippen LogP contribution < -0.4 is 9.47 Å². The van der Waals surface area contributed by atoms with Crippen molar-refractivity contribution in [2.75, 3.05) is 0 Å². The minimum Gasteiger partial charge on any atom is -0.489 e. The van der Waals surface area contributed by atoms with Gasteiger partial charge in [0.25, 0.3) is 0 Å². The standard InChI is InChI=1S/C20H16Cl2O2/c21-17-7-6-16(20(22)12-17)14-24-19-10-8-18(9-11-19)23-13-15-4-2-1-3-5-15/h1-12H,13-14H2. The average molecular weight is 359 g/mol. The lowest BCUT2D eigenvalue weighted by molar-refractivity contribution is 0.297. The zero-order valence-corrected chi connectivity index (χ0v) is 14.4. The van der Waals surface area contributed by atoms with Crippen molar-refractivity contribution < 1.29 is 9.47 Å². The molecule has 122 valence electrons. The molecule has 0 aliphatic carbocycles. The Hall–Kier alpha value is -2.16. The van der Waals surface area contributed by atoms with Gasteiger partial charge in [-0.15, -0.1) is 0 Å². The van der Waals surface area contributed by atoms with Crippen LogP contribution in [0.1, 0.15) is 11.1 Å². The molecule has 0 bridgehead atoms. The molecule has 0 saturated heterocycles. The van der Waals surface area contributed by atoms with Gasteiger partial charge < -0.3 is 9.47 Å². The van der Waals surface area contributed by atoms with Crippen LogP contribution in [0.2, 0.25) is 10.0 Å². The zero-order valence-electron chi connectivity index (χ0n) is 12.9. The van der Waals surface area contributed by atoms with E-state index in [9.17, 15) is 0 Å². The lowest BCUT2D eigenvalue weighted by atomic mass is 10.2. The normalized spacial score (nSPS) is 10.4. The summed E-state index contributed by atoms with van der Waals surface area (Å²) < 4.78 is 11.5. The molecule has 0 spiro atoms. The molecule has 2 nitrogen and oxygen atoms in total. The highest BCUT2D eigenvalue weighted by molar-refractivity contribution is 6.35. The Balaban J connectivity index is 1.54. The van der Waals surface area contributed by atoms with E-state index >= 15 is 0 Å². The van der Waals surface area contributed by atoms with Crippen molar-refractivity contribution in [2.45, 2.75) is 13.2 Å². The van der Waals surface area contributed by atoms with Gasteiger partial charge in [-0.25, -0.2) is 0 Å². The molecule has 0 aromatic heterocycles. The largest absolute Gasteiger partial charge is 0.489 e. The van der Waals surface area contributed by atoms with Crippen LogP contribution in [-0.2, 0) is 13.2 Å². The molecular formula is C20H16Cl2O2. The molecule has 0 atom stereocenters. The first kappa shape index (κ1) is 16.7. The van der Waals surface area contributed by atoms with Crippen LogP contribution in [0.5, 0.6) is 11.5 Å². The van der Waals surface area contributed by atoms with Crippen molar-refractivity contribution in [3.05, 3.63) is 94.0 Å². The molecule has 3 aromatic carbocycles. The SMILES string of the molecule is Clc1ccc(COc2ccc(OCc3ccccc3)cc2)c(Cl)c1. The van der Waals surface area contributed by atoms with Crippen LogP contribution >= 0.6 is 23.2 Å². The number of benzene rings is 3. The molecule has 0 unspecified atom stereocenters. The van der Waals surface area contributed by atoms with Crippen LogP contribution in [0.4, 0.5) is 0 Å². The maximum absolute atomic E-state index is 6.14. The smallest absolute Gasteiger partial charge is 0.120 e. The molecule has 0 aliphatic rings. The van der Waals surface area contributed by atoms with Gasteiger partial charge in [0.1, 0.15) is 24.7 Å². The molecule has 4 heteroatoms. The molecule has 24 heavy (non-hydrogen) atoms. The number of hydrogen-bond donors (Lipinski definition) is 0. The number of rotatable bonds is 6. The maximum Gasteiger partial charge on any atom is 0.120 e. The van der Waals surface area contributed by atoms with Gasteiger partial charge in [-0.1, -0.05) is 59.6 Å². The van der Waals surface area contributed by atoms with Gasteiger partial charge in [0.2, 0.25) is 0 Å². The monoisotopic (exact) mass is 358 g/mol. The first-order chi connectivity index (χ1) is 11.7. The lowest BCUT2D eigenvalue weighted by Crippen LogP contribution is -1.97. The zero-order chi connectivity index (χ0) is 16.8. The summed E-state index contributed by atoms with van der Waals surface area (Å²) in [6.07, 6.45) is 0. The van der Waals surface area contributed by atoms with Crippen molar-refractivity contribution in [3.8, 4) is 11.5 Å². The summed E-state index contributed by atoms with van der Waals surface area (Å²) >= 11 is 12.0. The van der Waals surface area contributed by atoms with Crippen molar-refractivity contribution in [2.24, 2.45) is 0 Å². The van der Waals surface area contributed by atoms with E-state index in [1.165, 1.54) is 0 Å². The predicted octanol–water partition coefficient (Wildman–Crippen LogP) is 6.15. The molecule has 0 amide bonds. The van der Waals surface area contributed by atoms with E-state index in [0.717, 1.165) is 22.6 Å². The van der Waals surface area contributed by atoms with Gasteiger partial charge in [-0.3, -0.25) is 0 Å². The Morgan fingerprint density at radius 3 is 1.92 bits per heavy atom. The molecule has 3 rings (SSSR count). The van der Waals surface area contributed by atoms with Crippen LogP contribution in [0.25, 0.3) is 0 Å². The lowest BCUT2D eigenvalue weighted by Gasteiger charge is -2.10. The summed E-state index contributed by atoms with van der Waals surface area (Å²) in [5, 5.41) is 1.22. The van der Waals surface area contributed by atoms with Crippen LogP contribution in [0.15, 0.2) is 72.8 Å². The second-order valence-corrected chi connectivity index (χ2v) is 6.11. The summed E-state index contributed by atoms with van der Waals surface area (Å²) in [6.45, 7) is 0.932. The summed E-state index contributed by atoms with van der Waals surface area (Å²) in [5.41, 5.74) is 2.03. The van der Waals surface area contributed by atoms with E-state index in [1.807, 2.05) is 60.7 Å². The quantitative estimate of drug-likeness (QED) is 0.525. The second-order valence-electron chi connectivity index (χ2n) is 5.27. The Bertz CT molecular complexity index is 786. The fraction of sp³-hybridized carbons (Fsp3) is 0.100. The van der Waals surface area contributed by atoms with E-state index in [0.29, 0.717) is 23.3 Å². The molecule has 3 aromatic rings. The summed E-state index contributed by atoms with van der Waals surface area (Å²) in [4.78, 5) is 0. The molecule has 0 heterocycles. The highest BCUT2D eigenvalue weighted by Crippen LogP contribution is 2.24. The van der Waals surface area contributed by atoms with Gasteiger partial charge in [0.05, 0.1) is 0 Å². The fourth-order valence-corrected chi connectivity index (χ4v) is 2.64. The summed E-state index contributed by atoms with van der Waals surface area (Å²) in [7, 11) is 0. The Morgan fingerprint density at radius 2 is 1.29 bits per heavy atom. The number of ether oxygens (including phenoxy) is 2. The first-order valence-corrected chi connectivity index (χ1v) is 8.30. The van der Waals surface area contributed by atoms with E-state index in [-0.39, 0.29) is 0 Å². The van der Waals surface area contributed by atoms with E-state index in [4.69, 9.17) is 32.7 Å². The maximum atomic E-state index is 6.14. The highest BCUT2D eigenvalue weighted by atomic mass is 35.5. The van der Waals surface area contributed by atoms with E-state index in [1.54, 1.807) is 12.1 Å². The van der Waals surface area contributed by atoms with Crippen LogP contribution in [0.3, 0.4) is 0 Å². The Kier molecular flexibility index (Phi) is 5.63. The predicted molar refractivity (Wildman–Crippen MR) is 98.0 cm³/mol. The molecule has 0 aliphatic heterocycles. The van der Waals surface area contributed by atoms with E-state index in [2.05, 4.69) is 0 Å². The number of halogens is 2. The summed E-state index contributed by atoms with van der Waals surface area (Å²) in [6, 6.07) is 23.0. The molecule has 0 fully saturated rings. The molecule has 0 saturated carbocycles. The van der Waals surface area contributed by atoms with Gasteiger partial charge in [-0.2, -0.15) is 0 Å². The molecule has 0 N–H and O–H groups in total. The van der Waals surface area contributed by atoms with Gasteiger partial charge >= 0.3 is 0 Å². The third-order valence-corrected chi connectivity index (χ3v) is 4.07. The third kappa shape index (κ3) is 4.67. The Labute approximate surface area is 151 Å². The number of hydrogen-bond acceptors (Lipinski definition) is 2. The van der Waals surface area contributed by atoms with Gasteiger partial charge in [0.15, 0.2) is 0 Å². The van der Waals surface area contributed by atoms with Crippen molar-refractivity contribution in [1.29, 1.82) is 0 Å². The molecule has 0 radical (unpaired) electrons. The van der Waals surface area contributed by atoms with Crippen molar-refractivity contribution >= 4 is 23.2 Å². The van der Waals surface area contributed by atoms with E-state index < -0.39 is 0 Å². The van der Waals surface area contributed by atoms with Gasteiger partial charge in [0, 0.05) is 15.6 Å². The van der Waals surface area contributed by atoms with Gasteiger partial charge in [-0.05, 0) is 42.0 Å². The topological polar surface area (TPSA) is 18.5 Å². The molecular weight excluding hydrogens is 343 g/mol. The fourth-order valence-electron chi connectivity index (χ4n) is 2.17. The van der Waals surface area contributed by atoms with Crippen molar-refractivity contribution in [3.63, 3.8) is 0 Å². The average Bonchev–Trinajstić information content (AvgIpc) is 2.61. The minimum absolute atomic E-state index is 0.389. The van der Waals surface area contributed by atoms with Crippen molar-refractivity contribution in [1.82, 2.24) is 0 Å².